The van der Waals surface area contributed by atoms with Gasteiger partial charge in [0.25, 0.3) is 0 Å². The lowest BCUT2D eigenvalue weighted by Gasteiger charge is -2.16. The molecule has 2 aromatic rings. The van der Waals surface area contributed by atoms with Crippen LogP contribution in [0.5, 0.6) is 0 Å². The van der Waals surface area contributed by atoms with Gasteiger partial charge < -0.3 is 4.98 Å². The van der Waals surface area contributed by atoms with Gasteiger partial charge in [0.1, 0.15) is 0 Å². The summed E-state index contributed by atoms with van der Waals surface area (Å²) < 4.78 is 29.0. The number of hydrogen-bond donors (Lipinski definition) is 2. The normalized spacial score (nSPS) is 16.1. The molecule has 0 bridgehead atoms. The molecule has 0 spiro atoms. The van der Waals surface area contributed by atoms with Gasteiger partial charge >= 0.3 is 4.87 Å². The van der Waals surface area contributed by atoms with Crippen LogP contribution in [0.2, 0.25) is 0 Å². The van der Waals surface area contributed by atoms with Crippen LogP contribution in [0.1, 0.15) is 31.2 Å². The second-order valence-electron chi connectivity index (χ2n) is 5.75. The third-order valence-corrected chi connectivity index (χ3v) is 7.23. The third kappa shape index (κ3) is 3.60. The largest absolute Gasteiger partial charge is 0.312 e. The van der Waals surface area contributed by atoms with Gasteiger partial charge in [0.15, 0.2) is 0 Å². The van der Waals surface area contributed by atoms with Crippen LogP contribution in [0.3, 0.4) is 0 Å². The molecule has 1 aliphatic carbocycles. The Hall–Kier alpha value is -0.960. The van der Waals surface area contributed by atoms with Gasteiger partial charge in [0, 0.05) is 21.5 Å². The fourth-order valence-electron chi connectivity index (χ4n) is 2.84. The molecule has 0 aliphatic heterocycles. The molecule has 1 fully saturated rings. The van der Waals surface area contributed by atoms with Gasteiger partial charge in [-0.3, -0.25) is 4.79 Å². The molecule has 8 heteroatoms. The van der Waals surface area contributed by atoms with Gasteiger partial charge in [0.05, 0.1) is 10.6 Å². The fourth-order valence-corrected chi connectivity index (χ4v) is 5.61. The molecule has 0 amide bonds. The van der Waals surface area contributed by atoms with Crippen molar-refractivity contribution in [1.29, 1.82) is 0 Å². The van der Waals surface area contributed by atoms with E-state index in [0.717, 1.165) is 37.0 Å². The molecule has 1 aliphatic rings. The number of aromatic amines is 1. The lowest BCUT2D eigenvalue weighted by atomic mass is 10.1. The van der Waals surface area contributed by atoms with E-state index >= 15 is 0 Å². The molecule has 0 unspecified atom stereocenters. The van der Waals surface area contributed by atoms with Crippen LogP contribution in [0.25, 0.3) is 11.3 Å². The molecule has 1 saturated carbocycles. The molecule has 5 nitrogen and oxygen atoms in total. The van der Waals surface area contributed by atoms with Crippen LogP contribution < -0.4 is 9.60 Å². The average Bonchev–Trinajstić information content (AvgIpc) is 3.12. The zero-order valence-corrected chi connectivity index (χ0v) is 15.8. The van der Waals surface area contributed by atoms with Gasteiger partial charge in [-0.05, 0) is 37.5 Å². The van der Waals surface area contributed by atoms with Gasteiger partial charge in [-0.15, -0.1) is 0 Å². The topological polar surface area (TPSA) is 79.0 Å². The summed E-state index contributed by atoms with van der Waals surface area (Å²) in [6.45, 7) is 1.77. The number of hydrogen-bond acceptors (Lipinski definition) is 4. The summed E-state index contributed by atoms with van der Waals surface area (Å²) in [4.78, 5) is 14.2. The molecule has 0 atom stereocenters. The Labute approximate surface area is 147 Å². The molecule has 2 N–H and O–H groups in total. The zero-order valence-electron chi connectivity index (χ0n) is 12.6. The second kappa shape index (κ2) is 6.51. The Balaban J connectivity index is 2.03. The van der Waals surface area contributed by atoms with Crippen LogP contribution in [0.4, 0.5) is 0 Å². The van der Waals surface area contributed by atoms with Crippen molar-refractivity contribution < 1.29 is 8.42 Å². The predicted molar refractivity (Wildman–Crippen MR) is 95.4 cm³/mol. The van der Waals surface area contributed by atoms with Crippen molar-refractivity contribution in [2.24, 2.45) is 0 Å². The van der Waals surface area contributed by atoms with E-state index in [2.05, 4.69) is 25.6 Å². The van der Waals surface area contributed by atoms with Crippen LogP contribution in [0.15, 0.2) is 31.7 Å². The van der Waals surface area contributed by atoms with Crippen molar-refractivity contribution in [3.8, 4) is 11.3 Å². The molecular weight excluding hydrogens is 400 g/mol. The molecule has 0 saturated heterocycles. The number of halogens is 1. The van der Waals surface area contributed by atoms with Crippen molar-refractivity contribution in [3.05, 3.63) is 37.2 Å². The predicted octanol–water partition coefficient (Wildman–Crippen LogP) is 3.40. The highest BCUT2D eigenvalue weighted by molar-refractivity contribution is 9.10. The fraction of sp³-hybridized carbons (Fsp3) is 0.400. The summed E-state index contributed by atoms with van der Waals surface area (Å²) in [6, 6.07) is 3.46. The summed E-state index contributed by atoms with van der Waals surface area (Å²) in [6.07, 6.45) is 3.89. The highest BCUT2D eigenvalue weighted by atomic mass is 79.9. The number of benzene rings is 1. The molecule has 124 valence electrons. The molecular formula is C15H17BrN2O3S2. The van der Waals surface area contributed by atoms with Gasteiger partial charge in [-0.25, -0.2) is 13.1 Å². The van der Waals surface area contributed by atoms with Gasteiger partial charge in [-0.1, -0.05) is 40.1 Å². The first-order valence-electron chi connectivity index (χ1n) is 7.37. The smallest absolute Gasteiger partial charge is 0.304 e. The second-order valence-corrected chi connectivity index (χ2v) is 9.12. The minimum Gasteiger partial charge on any atom is -0.312 e. The minimum absolute atomic E-state index is 0.0165. The first-order valence-corrected chi connectivity index (χ1v) is 10.5. The molecule has 1 heterocycles. The maximum Gasteiger partial charge on any atom is 0.304 e. The molecule has 1 aromatic heterocycles. The number of H-pyrrole nitrogens is 1. The van der Waals surface area contributed by atoms with E-state index in [1.165, 1.54) is 0 Å². The highest BCUT2D eigenvalue weighted by Crippen LogP contribution is 2.31. The number of aromatic nitrogens is 1. The standard InChI is InChI=1S/C15H17BrN2O3S2/c1-9-12(16)6-10(13-8-22-15(19)17-13)7-14(9)23(20,21)18-11-4-2-3-5-11/h6-8,11,18H,2-5H2,1H3,(H,17,19). The van der Waals surface area contributed by atoms with E-state index in [9.17, 15) is 13.2 Å². The van der Waals surface area contributed by atoms with Crippen molar-refractivity contribution in [3.63, 3.8) is 0 Å². The SMILES string of the molecule is Cc1c(Br)cc(-c2csc(=O)[nH]2)cc1S(=O)(=O)NC1CCCC1. The van der Waals surface area contributed by atoms with E-state index < -0.39 is 10.0 Å². The monoisotopic (exact) mass is 416 g/mol. The molecule has 3 rings (SSSR count). The summed E-state index contributed by atoms with van der Waals surface area (Å²) >= 11 is 4.48. The van der Waals surface area contributed by atoms with E-state index in [1.807, 2.05) is 6.07 Å². The lowest BCUT2D eigenvalue weighted by Crippen LogP contribution is -2.33. The van der Waals surface area contributed by atoms with Crippen molar-refractivity contribution in [2.75, 3.05) is 0 Å². The Kier molecular flexibility index (Phi) is 4.78. The Bertz CT molecular complexity index is 880. The van der Waals surface area contributed by atoms with Gasteiger partial charge in [0.2, 0.25) is 10.0 Å². The van der Waals surface area contributed by atoms with Crippen LogP contribution in [-0.4, -0.2) is 19.4 Å². The number of nitrogens with one attached hydrogen (secondary N) is 2. The van der Waals surface area contributed by atoms with E-state index in [1.54, 1.807) is 18.4 Å². The van der Waals surface area contributed by atoms with Crippen LogP contribution in [-0.2, 0) is 10.0 Å². The maximum absolute atomic E-state index is 12.7. The van der Waals surface area contributed by atoms with E-state index in [0.29, 0.717) is 21.3 Å². The Morgan fingerprint density at radius 2 is 2.00 bits per heavy atom. The molecule has 1 aromatic carbocycles. The third-order valence-electron chi connectivity index (χ3n) is 4.09. The van der Waals surface area contributed by atoms with Crippen molar-refractivity contribution >= 4 is 37.3 Å². The first kappa shape index (κ1) is 16.9. The summed E-state index contributed by atoms with van der Waals surface area (Å²) in [5, 5.41) is 1.69. The quantitative estimate of drug-likeness (QED) is 0.801. The maximum atomic E-state index is 12.7. The molecule has 23 heavy (non-hydrogen) atoms. The summed E-state index contributed by atoms with van der Waals surface area (Å²) in [5.41, 5.74) is 1.96. The summed E-state index contributed by atoms with van der Waals surface area (Å²) in [7, 11) is -3.59. The van der Waals surface area contributed by atoms with Crippen LogP contribution in [0, 0.1) is 6.92 Å². The zero-order chi connectivity index (χ0) is 16.6. The molecule has 0 radical (unpaired) electrons. The number of sulfonamides is 1. The lowest BCUT2D eigenvalue weighted by molar-refractivity contribution is 0.551. The van der Waals surface area contributed by atoms with Crippen molar-refractivity contribution in [1.82, 2.24) is 9.71 Å². The number of thiazole rings is 1. The Morgan fingerprint density at radius 1 is 1.30 bits per heavy atom. The Morgan fingerprint density at radius 3 is 2.61 bits per heavy atom. The number of rotatable bonds is 4. The average molecular weight is 417 g/mol. The van der Waals surface area contributed by atoms with E-state index in [-0.39, 0.29) is 15.8 Å². The highest BCUT2D eigenvalue weighted by Gasteiger charge is 2.25. The van der Waals surface area contributed by atoms with Crippen LogP contribution >= 0.6 is 27.3 Å². The van der Waals surface area contributed by atoms with Crippen molar-refractivity contribution in [2.45, 2.75) is 43.5 Å². The van der Waals surface area contributed by atoms with E-state index in [4.69, 9.17) is 0 Å². The van der Waals surface area contributed by atoms with Gasteiger partial charge in [-0.2, -0.15) is 0 Å². The first-order chi connectivity index (χ1) is 10.9. The minimum atomic E-state index is -3.59. The summed E-state index contributed by atoms with van der Waals surface area (Å²) in [5.74, 6) is 0.